The number of fused-ring (bicyclic) bond motifs is 1. The number of hydrogen-bond donors (Lipinski definition) is 1. The van der Waals surface area contributed by atoms with Crippen LogP contribution in [0.25, 0.3) is 4.96 Å². The number of hydrogen-bond acceptors (Lipinski definition) is 6. The van der Waals surface area contributed by atoms with E-state index >= 15 is 0 Å². The number of aromatic nitrogens is 3. The predicted molar refractivity (Wildman–Crippen MR) is 65.7 cm³/mol. The smallest absolute Gasteiger partial charge is 0.304 e. The molecule has 0 aliphatic carbocycles. The molecule has 2 heterocycles. The van der Waals surface area contributed by atoms with Gasteiger partial charge in [-0.25, -0.2) is 4.98 Å². The topological polar surface area (TPSA) is 87.8 Å². The fourth-order valence-corrected chi connectivity index (χ4v) is 2.17. The number of aliphatic carboxylic acids is 1. The highest BCUT2D eigenvalue weighted by Crippen LogP contribution is 2.05. The van der Waals surface area contributed by atoms with E-state index in [0.29, 0.717) is 23.7 Å². The van der Waals surface area contributed by atoms with Gasteiger partial charge in [-0.05, 0) is 7.05 Å². The van der Waals surface area contributed by atoms with E-state index in [-0.39, 0.29) is 12.0 Å². The summed E-state index contributed by atoms with van der Waals surface area (Å²) in [5.41, 5.74) is 1.96. The number of carbonyl (C=O) groups is 1. The van der Waals surface area contributed by atoms with Crippen molar-refractivity contribution in [1.29, 1.82) is 0 Å². The van der Waals surface area contributed by atoms with Gasteiger partial charge in [-0.15, -0.1) is 0 Å². The Morgan fingerprint density at radius 3 is 3.11 bits per heavy atom. The fraction of sp³-hybridized carbons (Fsp3) is 0.400. The van der Waals surface area contributed by atoms with Gasteiger partial charge in [-0.3, -0.25) is 14.5 Å². The Kier molecular flexibility index (Phi) is 3.68. The molecule has 0 saturated heterocycles. The molecule has 0 saturated carbocycles. The zero-order valence-electron chi connectivity index (χ0n) is 9.74. The van der Waals surface area contributed by atoms with Gasteiger partial charge < -0.3 is 5.11 Å². The molecule has 0 radical (unpaired) electrons. The van der Waals surface area contributed by atoms with Crippen molar-refractivity contribution in [1.82, 2.24) is 19.5 Å². The van der Waals surface area contributed by atoms with Crippen molar-refractivity contribution in [3.63, 3.8) is 0 Å². The molecule has 0 unspecified atom stereocenters. The van der Waals surface area contributed by atoms with E-state index in [1.165, 1.54) is 21.9 Å². The van der Waals surface area contributed by atoms with Crippen LogP contribution in [0.4, 0.5) is 0 Å². The van der Waals surface area contributed by atoms with Crippen molar-refractivity contribution in [2.75, 3.05) is 13.6 Å². The highest BCUT2D eigenvalue weighted by atomic mass is 32.1. The monoisotopic (exact) mass is 268 g/mol. The summed E-state index contributed by atoms with van der Waals surface area (Å²) in [6.45, 7) is 0.857. The lowest BCUT2D eigenvalue weighted by Crippen LogP contribution is -2.24. The second-order valence-corrected chi connectivity index (χ2v) is 4.71. The summed E-state index contributed by atoms with van der Waals surface area (Å²) < 4.78 is 1.24. The van der Waals surface area contributed by atoms with Crippen LogP contribution in [0, 0.1) is 0 Å². The number of carboxylic acid groups (broad SMARTS) is 1. The van der Waals surface area contributed by atoms with E-state index in [9.17, 15) is 9.59 Å². The van der Waals surface area contributed by atoms with Gasteiger partial charge in [-0.1, -0.05) is 11.3 Å². The van der Waals surface area contributed by atoms with Gasteiger partial charge in [0.05, 0.1) is 12.1 Å². The third-order valence-electron chi connectivity index (χ3n) is 2.38. The van der Waals surface area contributed by atoms with Crippen LogP contribution in [-0.2, 0) is 11.3 Å². The van der Waals surface area contributed by atoms with Crippen LogP contribution >= 0.6 is 11.3 Å². The number of carboxylic acids is 1. The minimum Gasteiger partial charge on any atom is -0.481 e. The maximum atomic E-state index is 11.7. The first kappa shape index (κ1) is 12.7. The molecule has 1 N–H and O–H groups in total. The van der Waals surface area contributed by atoms with E-state index in [1.807, 2.05) is 4.90 Å². The standard InChI is InChI=1S/C10H12N4O3S/c1-13(3-2-9(16)17)5-7-4-8(15)14-10(12-7)18-6-11-14/h4,6H,2-3,5H2,1H3,(H,16,17). The summed E-state index contributed by atoms with van der Waals surface area (Å²) in [7, 11) is 1.79. The summed E-state index contributed by atoms with van der Waals surface area (Å²) in [4.78, 5) is 28.8. The normalized spacial score (nSPS) is 11.2. The molecule has 0 atom stereocenters. The SMILES string of the molecule is CN(CCC(=O)O)Cc1cc(=O)n2ncsc2n1. The van der Waals surface area contributed by atoms with E-state index in [2.05, 4.69) is 10.1 Å². The molecule has 8 heteroatoms. The molecule has 0 fully saturated rings. The molecule has 96 valence electrons. The van der Waals surface area contributed by atoms with Gasteiger partial charge in [0.25, 0.3) is 5.56 Å². The highest BCUT2D eigenvalue weighted by Gasteiger charge is 2.08. The Morgan fingerprint density at radius 1 is 1.61 bits per heavy atom. The van der Waals surface area contributed by atoms with Gasteiger partial charge in [0.15, 0.2) is 0 Å². The molecule has 0 aliphatic rings. The molecule has 0 aliphatic heterocycles. The lowest BCUT2D eigenvalue weighted by Gasteiger charge is -2.14. The zero-order chi connectivity index (χ0) is 13.1. The molecule has 0 spiro atoms. The average molecular weight is 268 g/mol. The maximum absolute atomic E-state index is 11.7. The third kappa shape index (κ3) is 2.90. The molecule has 7 nitrogen and oxygen atoms in total. The highest BCUT2D eigenvalue weighted by molar-refractivity contribution is 7.14. The Balaban J connectivity index is 2.11. The molecule has 2 aromatic heterocycles. The van der Waals surface area contributed by atoms with Crippen LogP contribution in [0.2, 0.25) is 0 Å². The van der Waals surface area contributed by atoms with Crippen molar-refractivity contribution in [3.8, 4) is 0 Å². The first-order valence-corrected chi connectivity index (χ1v) is 6.17. The van der Waals surface area contributed by atoms with Crippen molar-refractivity contribution < 1.29 is 9.90 Å². The van der Waals surface area contributed by atoms with Crippen molar-refractivity contribution >= 4 is 22.3 Å². The lowest BCUT2D eigenvalue weighted by molar-refractivity contribution is -0.137. The van der Waals surface area contributed by atoms with Crippen LogP contribution in [0.15, 0.2) is 16.4 Å². The van der Waals surface area contributed by atoms with E-state index in [1.54, 1.807) is 12.6 Å². The molecule has 0 amide bonds. The average Bonchev–Trinajstić information content (AvgIpc) is 2.75. The maximum Gasteiger partial charge on any atom is 0.304 e. The van der Waals surface area contributed by atoms with Gasteiger partial charge in [0.2, 0.25) is 4.96 Å². The molecular formula is C10H12N4O3S. The van der Waals surface area contributed by atoms with Crippen molar-refractivity contribution in [2.24, 2.45) is 0 Å². The minimum atomic E-state index is -0.840. The van der Waals surface area contributed by atoms with Crippen LogP contribution in [0.5, 0.6) is 0 Å². The number of rotatable bonds is 5. The van der Waals surface area contributed by atoms with Crippen molar-refractivity contribution in [3.05, 3.63) is 27.6 Å². The Bertz CT molecular complexity index is 621. The lowest BCUT2D eigenvalue weighted by atomic mass is 10.3. The Labute approximate surface area is 106 Å². The van der Waals surface area contributed by atoms with Crippen LogP contribution in [-0.4, -0.2) is 44.2 Å². The molecular weight excluding hydrogens is 256 g/mol. The second kappa shape index (κ2) is 5.23. The Hall–Kier alpha value is -1.80. The van der Waals surface area contributed by atoms with E-state index in [0.717, 1.165) is 0 Å². The summed E-state index contributed by atoms with van der Waals surface area (Å²) in [5.74, 6) is -0.840. The van der Waals surface area contributed by atoms with Crippen molar-refractivity contribution in [2.45, 2.75) is 13.0 Å². The molecule has 0 aromatic carbocycles. The molecule has 18 heavy (non-hydrogen) atoms. The van der Waals surface area contributed by atoms with Gasteiger partial charge in [0, 0.05) is 19.2 Å². The summed E-state index contributed by atoms with van der Waals surface area (Å²) >= 11 is 1.29. The zero-order valence-corrected chi connectivity index (χ0v) is 10.6. The summed E-state index contributed by atoms with van der Waals surface area (Å²) in [6, 6.07) is 1.42. The minimum absolute atomic E-state index is 0.0677. The Morgan fingerprint density at radius 2 is 2.39 bits per heavy atom. The second-order valence-electron chi connectivity index (χ2n) is 3.90. The molecule has 0 bridgehead atoms. The van der Waals surface area contributed by atoms with Gasteiger partial charge in [-0.2, -0.15) is 9.61 Å². The van der Waals surface area contributed by atoms with Crippen LogP contribution in [0.3, 0.4) is 0 Å². The van der Waals surface area contributed by atoms with Gasteiger partial charge in [0.1, 0.15) is 5.51 Å². The quantitative estimate of drug-likeness (QED) is 0.825. The molecule has 2 rings (SSSR count). The summed E-state index contributed by atoms with van der Waals surface area (Å²) in [6.07, 6.45) is 0.0677. The van der Waals surface area contributed by atoms with E-state index < -0.39 is 5.97 Å². The van der Waals surface area contributed by atoms with Crippen LogP contribution < -0.4 is 5.56 Å². The number of nitrogens with zero attached hydrogens (tertiary/aromatic N) is 4. The summed E-state index contributed by atoms with van der Waals surface area (Å²) in [5, 5.41) is 12.5. The predicted octanol–water partition coefficient (Wildman–Crippen LogP) is 0.0575. The first-order chi connectivity index (χ1) is 8.56. The molecule has 2 aromatic rings. The van der Waals surface area contributed by atoms with Gasteiger partial charge >= 0.3 is 5.97 Å². The third-order valence-corrected chi connectivity index (χ3v) is 3.05. The largest absolute Gasteiger partial charge is 0.481 e. The first-order valence-electron chi connectivity index (χ1n) is 5.29. The van der Waals surface area contributed by atoms with Crippen LogP contribution in [0.1, 0.15) is 12.1 Å². The van der Waals surface area contributed by atoms with E-state index in [4.69, 9.17) is 5.11 Å². The fourth-order valence-electron chi connectivity index (χ4n) is 1.52.